The number of para-hydroxylation sites is 1. The first kappa shape index (κ1) is 12.4. The van der Waals surface area contributed by atoms with Gasteiger partial charge in [-0.25, -0.2) is 0 Å². The van der Waals surface area contributed by atoms with Gasteiger partial charge in [0.25, 0.3) is 0 Å². The molecule has 2 nitrogen and oxygen atoms in total. The molecule has 0 bridgehead atoms. The zero-order valence-electron chi connectivity index (χ0n) is 10.9. The molecule has 1 aromatic rings. The van der Waals surface area contributed by atoms with Crippen molar-refractivity contribution in [3.8, 4) is 0 Å². The quantitative estimate of drug-likeness (QED) is 0.863. The van der Waals surface area contributed by atoms with E-state index in [2.05, 4.69) is 24.0 Å². The van der Waals surface area contributed by atoms with Crippen LogP contribution in [-0.4, -0.2) is 17.7 Å². The molecule has 0 radical (unpaired) electrons. The van der Waals surface area contributed by atoms with Crippen molar-refractivity contribution < 1.29 is 5.11 Å². The van der Waals surface area contributed by atoms with Crippen LogP contribution in [0.15, 0.2) is 24.3 Å². The third kappa shape index (κ3) is 2.63. The fraction of sp³-hybridized carbons (Fsp3) is 0.600. The average molecular weight is 233 g/mol. The number of anilines is 1. The third-order valence-electron chi connectivity index (χ3n) is 3.79. The molecule has 1 aliphatic rings. The molecule has 94 valence electrons. The average Bonchev–Trinajstić information content (AvgIpc) is 2.38. The second-order valence-electron chi connectivity index (χ2n) is 4.99. The monoisotopic (exact) mass is 233 g/mol. The Kier molecular flexibility index (Phi) is 4.06. The van der Waals surface area contributed by atoms with Crippen LogP contribution in [0.1, 0.15) is 51.2 Å². The number of rotatable bonds is 3. The number of nitrogens with zero attached hydrogens (tertiary/aromatic N) is 1. The second-order valence-corrected chi connectivity index (χ2v) is 4.99. The summed E-state index contributed by atoms with van der Waals surface area (Å²) in [6.07, 6.45) is 4.69. The standard InChI is InChI=1S/C15H23NO/c1-3-13-8-6-7-11-16(13)15-10-5-4-9-14(15)12(2)17/h4-5,9-10,12-13,17H,3,6-8,11H2,1-2H3/t12-,13?/m0/s1. The smallest absolute Gasteiger partial charge is 0.0781 e. The first-order chi connectivity index (χ1) is 8.24. The maximum absolute atomic E-state index is 9.87. The van der Waals surface area contributed by atoms with Gasteiger partial charge in [0.2, 0.25) is 0 Å². The number of aliphatic hydroxyl groups excluding tert-OH is 1. The molecule has 1 aliphatic heterocycles. The van der Waals surface area contributed by atoms with Crippen molar-refractivity contribution in [2.75, 3.05) is 11.4 Å². The van der Waals surface area contributed by atoms with E-state index in [1.54, 1.807) is 0 Å². The minimum Gasteiger partial charge on any atom is -0.389 e. The van der Waals surface area contributed by atoms with Crippen LogP contribution in [0, 0.1) is 0 Å². The van der Waals surface area contributed by atoms with E-state index < -0.39 is 0 Å². The molecule has 17 heavy (non-hydrogen) atoms. The zero-order valence-corrected chi connectivity index (χ0v) is 10.9. The summed E-state index contributed by atoms with van der Waals surface area (Å²) in [6.45, 7) is 5.24. The van der Waals surface area contributed by atoms with Gasteiger partial charge in [-0.3, -0.25) is 0 Å². The van der Waals surface area contributed by atoms with Gasteiger partial charge in [0.1, 0.15) is 0 Å². The van der Waals surface area contributed by atoms with Crippen LogP contribution in [0.2, 0.25) is 0 Å². The van der Waals surface area contributed by atoms with Gasteiger partial charge in [-0.05, 0) is 38.7 Å². The lowest BCUT2D eigenvalue weighted by molar-refractivity contribution is 0.199. The van der Waals surface area contributed by atoms with Crippen molar-refractivity contribution >= 4 is 5.69 Å². The van der Waals surface area contributed by atoms with E-state index in [0.717, 1.165) is 12.1 Å². The van der Waals surface area contributed by atoms with Gasteiger partial charge in [-0.1, -0.05) is 25.1 Å². The predicted octanol–water partition coefficient (Wildman–Crippen LogP) is 3.51. The van der Waals surface area contributed by atoms with Crippen molar-refractivity contribution in [3.05, 3.63) is 29.8 Å². The number of aliphatic hydroxyl groups is 1. The molecule has 2 heteroatoms. The Balaban J connectivity index is 2.31. The Morgan fingerprint density at radius 2 is 2.12 bits per heavy atom. The number of piperidine rings is 1. The number of benzene rings is 1. The van der Waals surface area contributed by atoms with Crippen molar-refractivity contribution in [3.63, 3.8) is 0 Å². The van der Waals surface area contributed by atoms with Gasteiger partial charge < -0.3 is 10.0 Å². The molecule has 1 fully saturated rings. The summed E-state index contributed by atoms with van der Waals surface area (Å²) in [5, 5.41) is 9.87. The molecule has 0 saturated carbocycles. The van der Waals surface area contributed by atoms with Crippen molar-refractivity contribution in [1.82, 2.24) is 0 Å². The predicted molar refractivity (Wildman–Crippen MR) is 72.4 cm³/mol. The molecular formula is C15H23NO. The van der Waals surface area contributed by atoms with Crippen molar-refractivity contribution in [1.29, 1.82) is 0 Å². The van der Waals surface area contributed by atoms with Crippen LogP contribution in [0.3, 0.4) is 0 Å². The summed E-state index contributed by atoms with van der Waals surface area (Å²) in [7, 11) is 0. The van der Waals surface area contributed by atoms with Crippen LogP contribution >= 0.6 is 0 Å². The van der Waals surface area contributed by atoms with E-state index in [-0.39, 0.29) is 6.10 Å². The van der Waals surface area contributed by atoms with Gasteiger partial charge in [0.15, 0.2) is 0 Å². The lowest BCUT2D eigenvalue weighted by Crippen LogP contribution is -2.39. The normalized spacial score (nSPS) is 22.5. The van der Waals surface area contributed by atoms with Gasteiger partial charge in [0.05, 0.1) is 6.10 Å². The molecule has 0 aliphatic carbocycles. The van der Waals surface area contributed by atoms with Gasteiger partial charge in [0, 0.05) is 23.8 Å². The molecule has 0 spiro atoms. The lowest BCUT2D eigenvalue weighted by Gasteiger charge is -2.38. The summed E-state index contributed by atoms with van der Waals surface area (Å²) in [5.74, 6) is 0. The highest BCUT2D eigenvalue weighted by Gasteiger charge is 2.23. The maximum Gasteiger partial charge on any atom is 0.0781 e. The highest BCUT2D eigenvalue weighted by atomic mass is 16.3. The van der Waals surface area contributed by atoms with Gasteiger partial charge >= 0.3 is 0 Å². The van der Waals surface area contributed by atoms with Crippen LogP contribution < -0.4 is 4.90 Å². The molecule has 2 rings (SSSR count). The van der Waals surface area contributed by atoms with E-state index >= 15 is 0 Å². The minimum atomic E-state index is -0.384. The van der Waals surface area contributed by atoms with E-state index in [9.17, 15) is 5.11 Å². The Morgan fingerprint density at radius 1 is 1.35 bits per heavy atom. The maximum atomic E-state index is 9.87. The Morgan fingerprint density at radius 3 is 2.82 bits per heavy atom. The molecule has 0 amide bonds. The SMILES string of the molecule is CCC1CCCCN1c1ccccc1[C@H](C)O. The van der Waals surface area contributed by atoms with E-state index in [1.165, 1.54) is 31.4 Å². The van der Waals surface area contributed by atoms with Gasteiger partial charge in [-0.2, -0.15) is 0 Å². The first-order valence-electron chi connectivity index (χ1n) is 6.77. The fourth-order valence-corrected chi connectivity index (χ4v) is 2.84. The van der Waals surface area contributed by atoms with Crippen LogP contribution in [0.25, 0.3) is 0 Å². The van der Waals surface area contributed by atoms with Gasteiger partial charge in [-0.15, -0.1) is 0 Å². The molecule has 1 unspecified atom stereocenters. The minimum absolute atomic E-state index is 0.384. The number of hydrogen-bond acceptors (Lipinski definition) is 2. The number of hydrogen-bond donors (Lipinski definition) is 1. The summed E-state index contributed by atoms with van der Waals surface area (Å²) < 4.78 is 0. The molecule has 0 aromatic heterocycles. The highest BCUT2D eigenvalue weighted by Crippen LogP contribution is 2.32. The topological polar surface area (TPSA) is 23.5 Å². The Bertz CT molecular complexity index is 362. The second kappa shape index (κ2) is 5.54. The molecule has 1 aromatic carbocycles. The molecule has 2 atom stereocenters. The summed E-state index contributed by atoms with van der Waals surface area (Å²) in [4.78, 5) is 2.49. The van der Waals surface area contributed by atoms with Crippen LogP contribution in [0.4, 0.5) is 5.69 Å². The van der Waals surface area contributed by atoms with Crippen molar-refractivity contribution in [2.24, 2.45) is 0 Å². The molecular weight excluding hydrogens is 210 g/mol. The Labute approximate surface area is 104 Å². The van der Waals surface area contributed by atoms with Crippen LogP contribution in [-0.2, 0) is 0 Å². The largest absolute Gasteiger partial charge is 0.389 e. The van der Waals surface area contributed by atoms with E-state index in [4.69, 9.17) is 0 Å². The summed E-state index contributed by atoms with van der Waals surface area (Å²) in [6, 6.07) is 8.92. The summed E-state index contributed by atoms with van der Waals surface area (Å²) in [5.41, 5.74) is 2.29. The fourth-order valence-electron chi connectivity index (χ4n) is 2.84. The zero-order chi connectivity index (χ0) is 12.3. The molecule has 1 heterocycles. The van der Waals surface area contributed by atoms with Crippen molar-refractivity contribution in [2.45, 2.75) is 51.7 Å². The molecule has 1 saturated heterocycles. The Hall–Kier alpha value is -1.02. The molecule has 1 N–H and O–H groups in total. The van der Waals surface area contributed by atoms with Crippen LogP contribution in [0.5, 0.6) is 0 Å². The summed E-state index contributed by atoms with van der Waals surface area (Å²) >= 11 is 0. The first-order valence-corrected chi connectivity index (χ1v) is 6.77. The van der Waals surface area contributed by atoms with E-state index in [0.29, 0.717) is 6.04 Å². The lowest BCUT2D eigenvalue weighted by atomic mass is 9.97. The van der Waals surface area contributed by atoms with E-state index in [1.807, 2.05) is 19.1 Å². The highest BCUT2D eigenvalue weighted by molar-refractivity contribution is 5.55. The third-order valence-corrected chi connectivity index (χ3v) is 3.79.